The molecule has 1 unspecified atom stereocenters. The standard InChI is InChI=1S/C27H28F6N6/c28-26(29,30)19-8-6-16(7-9-19)21-3-1-2-12-39-24(21)36-25(37-39)35-23-17-4-5-18(23)15-38(14-17)20-10-11-34-22(13-20)27(31,32)33/h6-11,13,17-18,21,23H,1-5,12,14-15H2,(H,35,37)/t17-,18+,21?,23+. The minimum absolute atomic E-state index is 0.0985. The van der Waals surface area contributed by atoms with E-state index in [1.165, 1.54) is 18.3 Å². The predicted octanol–water partition coefficient (Wildman–Crippen LogP) is 6.35. The van der Waals surface area contributed by atoms with Gasteiger partial charge in [0.15, 0.2) is 0 Å². The second-order valence-corrected chi connectivity index (χ2v) is 10.8. The monoisotopic (exact) mass is 550 g/mol. The fourth-order valence-corrected chi connectivity index (χ4v) is 6.39. The molecule has 2 bridgehead atoms. The average Bonchev–Trinajstić information content (AvgIpc) is 3.30. The molecule has 208 valence electrons. The van der Waals surface area contributed by atoms with Crippen LogP contribution in [0.5, 0.6) is 0 Å². The van der Waals surface area contributed by atoms with Crippen LogP contribution in [0.3, 0.4) is 0 Å². The zero-order valence-electron chi connectivity index (χ0n) is 21.0. The van der Waals surface area contributed by atoms with Gasteiger partial charge in [0.1, 0.15) is 11.5 Å². The molecule has 3 aromatic rings. The summed E-state index contributed by atoms with van der Waals surface area (Å²) >= 11 is 0. The Kier molecular flexibility index (Phi) is 6.46. The first-order chi connectivity index (χ1) is 18.6. The molecule has 4 heterocycles. The fourth-order valence-electron chi connectivity index (χ4n) is 6.39. The zero-order chi connectivity index (χ0) is 27.4. The summed E-state index contributed by atoms with van der Waals surface area (Å²) in [5.41, 5.74) is -0.251. The van der Waals surface area contributed by atoms with Crippen LogP contribution in [0.2, 0.25) is 0 Å². The van der Waals surface area contributed by atoms with E-state index in [9.17, 15) is 26.3 Å². The number of aromatic nitrogens is 4. The van der Waals surface area contributed by atoms with Gasteiger partial charge in [0, 0.05) is 43.5 Å². The molecule has 2 fully saturated rings. The topological polar surface area (TPSA) is 58.9 Å². The molecule has 2 aliphatic heterocycles. The first-order valence-corrected chi connectivity index (χ1v) is 13.2. The van der Waals surface area contributed by atoms with Crippen LogP contribution in [-0.2, 0) is 18.9 Å². The van der Waals surface area contributed by atoms with Gasteiger partial charge in [0.2, 0.25) is 5.95 Å². The lowest BCUT2D eigenvalue weighted by atomic mass is 9.91. The Morgan fingerprint density at radius 3 is 2.23 bits per heavy atom. The zero-order valence-corrected chi connectivity index (χ0v) is 21.0. The third-order valence-electron chi connectivity index (χ3n) is 8.29. The van der Waals surface area contributed by atoms with E-state index < -0.39 is 23.6 Å². The van der Waals surface area contributed by atoms with Crippen LogP contribution < -0.4 is 10.2 Å². The lowest BCUT2D eigenvalue weighted by Crippen LogP contribution is -2.48. The smallest absolute Gasteiger partial charge is 0.371 e. The number of hydrogen-bond donors (Lipinski definition) is 1. The lowest BCUT2D eigenvalue weighted by Gasteiger charge is -2.39. The van der Waals surface area contributed by atoms with Crippen molar-refractivity contribution < 1.29 is 26.3 Å². The number of alkyl halides is 6. The Balaban J connectivity index is 1.19. The molecule has 1 saturated carbocycles. The minimum Gasteiger partial charge on any atom is -0.371 e. The number of fused-ring (bicyclic) bond motifs is 3. The number of nitrogens with zero attached hydrogens (tertiary/aromatic N) is 5. The molecule has 6 nitrogen and oxygen atoms in total. The minimum atomic E-state index is -4.49. The maximum absolute atomic E-state index is 13.2. The van der Waals surface area contributed by atoms with Gasteiger partial charge in [-0.3, -0.25) is 4.98 Å². The summed E-state index contributed by atoms with van der Waals surface area (Å²) in [4.78, 5) is 10.3. The summed E-state index contributed by atoms with van der Waals surface area (Å²) in [6, 6.07) is 8.13. The third-order valence-corrected chi connectivity index (χ3v) is 8.29. The summed E-state index contributed by atoms with van der Waals surface area (Å²) in [6.07, 6.45) is -3.15. The molecule has 0 spiro atoms. The van der Waals surface area contributed by atoms with E-state index in [2.05, 4.69) is 10.3 Å². The number of rotatable bonds is 4. The summed E-state index contributed by atoms with van der Waals surface area (Å²) in [7, 11) is 0. The van der Waals surface area contributed by atoms with Crippen LogP contribution in [0.15, 0.2) is 42.6 Å². The SMILES string of the molecule is FC(F)(F)c1ccc(C2CCCCn3nc(N[C@H]4[C@@H]5CC[C@H]4CN(c4ccnc(C(F)(F)F)c4)C5)nc32)cc1. The van der Waals surface area contributed by atoms with Crippen molar-refractivity contribution in [2.45, 2.75) is 63.0 Å². The maximum atomic E-state index is 13.2. The molecule has 1 aromatic carbocycles. The first-order valence-electron chi connectivity index (χ1n) is 13.2. The van der Waals surface area contributed by atoms with E-state index in [-0.39, 0.29) is 23.8 Å². The molecule has 0 radical (unpaired) electrons. The van der Waals surface area contributed by atoms with Crippen LogP contribution in [0, 0.1) is 11.8 Å². The molecular weight excluding hydrogens is 522 g/mol. The van der Waals surface area contributed by atoms with Crippen LogP contribution in [-0.4, -0.2) is 38.9 Å². The first kappa shape index (κ1) is 25.9. The van der Waals surface area contributed by atoms with Crippen molar-refractivity contribution in [3.05, 3.63) is 65.2 Å². The van der Waals surface area contributed by atoms with Gasteiger partial charge in [-0.2, -0.15) is 31.3 Å². The average molecular weight is 551 g/mol. The van der Waals surface area contributed by atoms with Crippen LogP contribution in [0.4, 0.5) is 38.0 Å². The predicted molar refractivity (Wildman–Crippen MR) is 132 cm³/mol. The highest BCUT2D eigenvalue weighted by Gasteiger charge is 2.43. The molecular formula is C27H28F6N6. The van der Waals surface area contributed by atoms with E-state index in [1.54, 1.807) is 6.07 Å². The van der Waals surface area contributed by atoms with Crippen molar-refractivity contribution in [2.75, 3.05) is 23.3 Å². The summed E-state index contributed by atoms with van der Waals surface area (Å²) in [5, 5.41) is 8.24. The van der Waals surface area contributed by atoms with Gasteiger partial charge >= 0.3 is 12.4 Å². The molecule has 2 aromatic heterocycles. The highest BCUT2D eigenvalue weighted by molar-refractivity contribution is 5.49. The van der Waals surface area contributed by atoms with Crippen molar-refractivity contribution in [1.29, 1.82) is 0 Å². The number of anilines is 2. The molecule has 3 aliphatic rings. The second-order valence-electron chi connectivity index (χ2n) is 10.8. The van der Waals surface area contributed by atoms with Crippen LogP contribution >= 0.6 is 0 Å². The number of nitrogens with one attached hydrogen (secondary N) is 1. The second kappa shape index (κ2) is 9.71. The molecule has 39 heavy (non-hydrogen) atoms. The summed E-state index contributed by atoms with van der Waals surface area (Å²) < 4.78 is 80.6. The van der Waals surface area contributed by atoms with Crippen molar-refractivity contribution in [2.24, 2.45) is 11.8 Å². The molecule has 6 rings (SSSR count). The number of hydrogen-bond acceptors (Lipinski definition) is 5. The molecule has 0 amide bonds. The van der Waals surface area contributed by atoms with Gasteiger partial charge in [-0.1, -0.05) is 18.6 Å². The molecule has 1 N–H and O–H groups in total. The van der Waals surface area contributed by atoms with Crippen molar-refractivity contribution >= 4 is 11.6 Å². The van der Waals surface area contributed by atoms with Crippen LogP contribution in [0.25, 0.3) is 0 Å². The van der Waals surface area contributed by atoms with Gasteiger partial charge in [0.05, 0.1) is 5.56 Å². The third kappa shape index (κ3) is 5.17. The number of aryl methyl sites for hydroxylation is 1. The Morgan fingerprint density at radius 1 is 0.846 bits per heavy atom. The molecule has 4 atom stereocenters. The van der Waals surface area contributed by atoms with E-state index in [1.807, 2.05) is 9.58 Å². The van der Waals surface area contributed by atoms with Crippen molar-refractivity contribution in [3.8, 4) is 0 Å². The number of pyridine rings is 1. The molecule has 1 saturated heterocycles. The van der Waals surface area contributed by atoms with Gasteiger partial charge in [-0.25, -0.2) is 4.68 Å². The van der Waals surface area contributed by atoms with E-state index >= 15 is 0 Å². The van der Waals surface area contributed by atoms with Gasteiger partial charge in [-0.05, 0) is 67.3 Å². The Labute approximate surface area is 221 Å². The molecule has 12 heteroatoms. The Bertz CT molecular complexity index is 1300. The number of piperidine rings is 1. The highest BCUT2D eigenvalue weighted by Crippen LogP contribution is 2.41. The number of halogens is 6. The largest absolute Gasteiger partial charge is 0.433 e. The van der Waals surface area contributed by atoms with Gasteiger partial charge in [0.25, 0.3) is 0 Å². The summed E-state index contributed by atoms with van der Waals surface area (Å²) in [6.45, 7) is 1.93. The fraction of sp³-hybridized carbons (Fsp3) is 0.519. The quantitative estimate of drug-likeness (QED) is 0.384. The normalized spacial score (nSPS) is 25.3. The number of benzene rings is 1. The molecule has 1 aliphatic carbocycles. The Morgan fingerprint density at radius 2 is 1.56 bits per heavy atom. The van der Waals surface area contributed by atoms with E-state index in [4.69, 9.17) is 10.1 Å². The van der Waals surface area contributed by atoms with Gasteiger partial charge in [-0.15, -0.1) is 5.10 Å². The van der Waals surface area contributed by atoms with E-state index in [0.29, 0.717) is 31.3 Å². The Hall–Kier alpha value is -3.31. The lowest BCUT2D eigenvalue weighted by molar-refractivity contribution is -0.141. The van der Waals surface area contributed by atoms with Gasteiger partial charge < -0.3 is 10.2 Å². The maximum Gasteiger partial charge on any atom is 0.433 e. The summed E-state index contributed by atoms with van der Waals surface area (Å²) in [5.74, 6) is 1.55. The highest BCUT2D eigenvalue weighted by atomic mass is 19.4. The van der Waals surface area contributed by atoms with Crippen molar-refractivity contribution in [1.82, 2.24) is 19.7 Å². The van der Waals surface area contributed by atoms with Crippen molar-refractivity contribution in [3.63, 3.8) is 0 Å². The van der Waals surface area contributed by atoms with Crippen LogP contribution in [0.1, 0.15) is 60.7 Å². The van der Waals surface area contributed by atoms with E-state index in [0.717, 1.165) is 61.7 Å².